The van der Waals surface area contributed by atoms with Crippen LogP contribution in [0.1, 0.15) is 12.6 Å². The van der Waals surface area contributed by atoms with Gasteiger partial charge in [0.15, 0.2) is 0 Å². The SMILES string of the molecule is CC(O)Cc1coc(-c2cccnc2)n1. The fraction of sp³-hybridized carbons (Fsp3) is 0.273. The molecule has 1 unspecified atom stereocenters. The van der Waals surface area contributed by atoms with Crippen LogP contribution >= 0.6 is 0 Å². The average Bonchev–Trinajstić information content (AvgIpc) is 2.67. The number of pyridine rings is 1. The van der Waals surface area contributed by atoms with Gasteiger partial charge in [-0.25, -0.2) is 4.98 Å². The maximum Gasteiger partial charge on any atom is 0.227 e. The molecule has 4 heteroatoms. The molecule has 1 atom stereocenters. The zero-order chi connectivity index (χ0) is 10.7. The van der Waals surface area contributed by atoms with E-state index in [-0.39, 0.29) is 0 Å². The molecule has 0 amide bonds. The third-order valence-electron chi connectivity index (χ3n) is 1.96. The number of aliphatic hydroxyl groups is 1. The van der Waals surface area contributed by atoms with Gasteiger partial charge in [0.05, 0.1) is 17.4 Å². The van der Waals surface area contributed by atoms with E-state index in [1.54, 1.807) is 25.6 Å². The number of oxazole rings is 1. The molecule has 4 nitrogen and oxygen atoms in total. The predicted octanol–water partition coefficient (Wildman–Crippen LogP) is 1.66. The van der Waals surface area contributed by atoms with Gasteiger partial charge in [-0.15, -0.1) is 0 Å². The minimum Gasteiger partial charge on any atom is -0.444 e. The Labute approximate surface area is 87.6 Å². The molecule has 2 heterocycles. The Morgan fingerprint density at radius 3 is 3.07 bits per heavy atom. The van der Waals surface area contributed by atoms with E-state index in [1.165, 1.54) is 0 Å². The van der Waals surface area contributed by atoms with Crippen LogP contribution in [-0.4, -0.2) is 21.2 Å². The quantitative estimate of drug-likeness (QED) is 0.826. The first-order valence-electron chi connectivity index (χ1n) is 4.78. The van der Waals surface area contributed by atoms with Crippen molar-refractivity contribution in [3.05, 3.63) is 36.5 Å². The molecule has 0 aliphatic rings. The summed E-state index contributed by atoms with van der Waals surface area (Å²) in [5.74, 6) is 0.541. The Morgan fingerprint density at radius 1 is 1.53 bits per heavy atom. The van der Waals surface area contributed by atoms with E-state index >= 15 is 0 Å². The molecule has 0 aliphatic carbocycles. The molecule has 2 aromatic rings. The Hall–Kier alpha value is -1.68. The van der Waals surface area contributed by atoms with Crippen LogP contribution in [0.4, 0.5) is 0 Å². The minimum atomic E-state index is -0.406. The molecular formula is C11H12N2O2. The zero-order valence-electron chi connectivity index (χ0n) is 8.42. The molecule has 0 aromatic carbocycles. The summed E-state index contributed by atoms with van der Waals surface area (Å²) < 4.78 is 5.29. The molecule has 0 spiro atoms. The Balaban J connectivity index is 2.21. The third kappa shape index (κ3) is 2.41. The first-order chi connectivity index (χ1) is 7.25. The molecule has 15 heavy (non-hydrogen) atoms. The molecule has 0 aliphatic heterocycles. The van der Waals surface area contributed by atoms with Gasteiger partial charge < -0.3 is 9.52 Å². The van der Waals surface area contributed by atoms with Gasteiger partial charge in [0.1, 0.15) is 6.26 Å². The molecule has 0 saturated carbocycles. The minimum absolute atomic E-state index is 0.406. The van der Waals surface area contributed by atoms with Crippen LogP contribution in [0, 0.1) is 0 Å². The second-order valence-electron chi connectivity index (χ2n) is 3.44. The number of aromatic nitrogens is 2. The van der Waals surface area contributed by atoms with Crippen molar-refractivity contribution in [3.63, 3.8) is 0 Å². The number of nitrogens with zero attached hydrogens (tertiary/aromatic N) is 2. The Bertz CT molecular complexity index is 423. The van der Waals surface area contributed by atoms with Crippen LogP contribution in [0.25, 0.3) is 11.5 Å². The summed E-state index contributed by atoms with van der Waals surface area (Å²) in [5.41, 5.74) is 1.60. The Morgan fingerprint density at radius 2 is 2.40 bits per heavy atom. The van der Waals surface area contributed by atoms with Crippen molar-refractivity contribution in [2.75, 3.05) is 0 Å². The maximum absolute atomic E-state index is 9.19. The van der Waals surface area contributed by atoms with E-state index in [1.807, 2.05) is 12.1 Å². The highest BCUT2D eigenvalue weighted by molar-refractivity contribution is 5.50. The first-order valence-corrected chi connectivity index (χ1v) is 4.78. The molecule has 1 N–H and O–H groups in total. The summed E-state index contributed by atoms with van der Waals surface area (Å²) in [7, 11) is 0. The molecule has 0 saturated heterocycles. The second-order valence-corrected chi connectivity index (χ2v) is 3.44. The second kappa shape index (κ2) is 4.23. The van der Waals surface area contributed by atoms with Gasteiger partial charge >= 0.3 is 0 Å². The summed E-state index contributed by atoms with van der Waals surface area (Å²) in [6.45, 7) is 1.72. The molecular weight excluding hydrogens is 192 g/mol. The lowest BCUT2D eigenvalue weighted by atomic mass is 10.2. The van der Waals surface area contributed by atoms with E-state index in [9.17, 15) is 5.11 Å². The summed E-state index contributed by atoms with van der Waals surface area (Å²) in [6, 6.07) is 3.71. The summed E-state index contributed by atoms with van der Waals surface area (Å²) in [6.07, 6.45) is 5.05. The topological polar surface area (TPSA) is 59.2 Å². The van der Waals surface area contributed by atoms with Crippen LogP contribution < -0.4 is 0 Å². The fourth-order valence-corrected chi connectivity index (χ4v) is 1.33. The van der Waals surface area contributed by atoms with Crippen LogP contribution in [0.5, 0.6) is 0 Å². The van der Waals surface area contributed by atoms with Crippen LogP contribution in [0.2, 0.25) is 0 Å². The van der Waals surface area contributed by atoms with E-state index < -0.39 is 6.10 Å². The van der Waals surface area contributed by atoms with Crippen molar-refractivity contribution in [1.82, 2.24) is 9.97 Å². The van der Waals surface area contributed by atoms with Gasteiger partial charge in [0, 0.05) is 18.8 Å². The maximum atomic E-state index is 9.19. The third-order valence-corrected chi connectivity index (χ3v) is 1.96. The molecule has 0 fully saturated rings. The molecule has 0 radical (unpaired) electrons. The lowest BCUT2D eigenvalue weighted by molar-refractivity contribution is 0.194. The molecule has 0 bridgehead atoms. The zero-order valence-corrected chi connectivity index (χ0v) is 8.42. The summed E-state index contributed by atoms with van der Waals surface area (Å²) in [4.78, 5) is 8.24. The van der Waals surface area contributed by atoms with Gasteiger partial charge in [-0.05, 0) is 19.1 Å². The van der Waals surface area contributed by atoms with Gasteiger partial charge in [0.25, 0.3) is 0 Å². The van der Waals surface area contributed by atoms with Gasteiger partial charge in [-0.2, -0.15) is 0 Å². The lowest BCUT2D eigenvalue weighted by Gasteiger charge is -1.97. The van der Waals surface area contributed by atoms with Crippen molar-refractivity contribution >= 4 is 0 Å². The van der Waals surface area contributed by atoms with Gasteiger partial charge in [-0.1, -0.05) is 0 Å². The smallest absolute Gasteiger partial charge is 0.227 e. The first kappa shape index (κ1) is 9.86. The number of aliphatic hydroxyl groups excluding tert-OH is 1. The Kier molecular flexibility index (Phi) is 2.78. The van der Waals surface area contributed by atoms with Crippen LogP contribution in [0.3, 0.4) is 0 Å². The van der Waals surface area contributed by atoms with Crippen molar-refractivity contribution in [1.29, 1.82) is 0 Å². The molecule has 2 rings (SSSR count). The van der Waals surface area contributed by atoms with Crippen molar-refractivity contribution < 1.29 is 9.52 Å². The molecule has 78 valence electrons. The fourth-order valence-electron chi connectivity index (χ4n) is 1.33. The predicted molar refractivity (Wildman–Crippen MR) is 55.1 cm³/mol. The normalized spacial score (nSPS) is 12.7. The van der Waals surface area contributed by atoms with Crippen molar-refractivity contribution in [2.45, 2.75) is 19.4 Å². The number of hydrogen-bond acceptors (Lipinski definition) is 4. The average molecular weight is 204 g/mol. The van der Waals surface area contributed by atoms with Crippen molar-refractivity contribution in [3.8, 4) is 11.5 Å². The summed E-state index contributed by atoms with van der Waals surface area (Å²) >= 11 is 0. The molecule has 2 aromatic heterocycles. The van der Waals surface area contributed by atoms with E-state index in [2.05, 4.69) is 9.97 Å². The van der Waals surface area contributed by atoms with Gasteiger partial charge in [-0.3, -0.25) is 4.98 Å². The van der Waals surface area contributed by atoms with Crippen LogP contribution in [0.15, 0.2) is 35.2 Å². The highest BCUT2D eigenvalue weighted by Crippen LogP contribution is 2.17. The van der Waals surface area contributed by atoms with E-state index in [4.69, 9.17) is 4.42 Å². The number of hydrogen-bond donors (Lipinski definition) is 1. The van der Waals surface area contributed by atoms with Crippen LogP contribution in [-0.2, 0) is 6.42 Å². The lowest BCUT2D eigenvalue weighted by Crippen LogP contribution is -2.04. The highest BCUT2D eigenvalue weighted by Gasteiger charge is 2.08. The monoisotopic (exact) mass is 204 g/mol. The van der Waals surface area contributed by atoms with Gasteiger partial charge in [0.2, 0.25) is 5.89 Å². The standard InChI is InChI=1S/C11H12N2O2/c1-8(14)5-10-7-15-11(13-10)9-3-2-4-12-6-9/h2-4,6-8,14H,5H2,1H3. The van der Waals surface area contributed by atoms with Crippen molar-refractivity contribution in [2.24, 2.45) is 0 Å². The largest absolute Gasteiger partial charge is 0.444 e. The summed E-state index contributed by atoms with van der Waals surface area (Å²) in [5, 5.41) is 9.19. The van der Waals surface area contributed by atoms with E-state index in [0.717, 1.165) is 11.3 Å². The van der Waals surface area contributed by atoms with E-state index in [0.29, 0.717) is 12.3 Å². The number of rotatable bonds is 3. The highest BCUT2D eigenvalue weighted by atomic mass is 16.3.